The van der Waals surface area contributed by atoms with Crippen LogP contribution >= 0.6 is 0 Å². The van der Waals surface area contributed by atoms with E-state index in [1.54, 1.807) is 18.5 Å². The fourth-order valence-corrected chi connectivity index (χ4v) is 3.44. The molecule has 1 N–H and O–H groups in total. The predicted octanol–water partition coefficient (Wildman–Crippen LogP) is 2.88. The van der Waals surface area contributed by atoms with E-state index in [0.717, 1.165) is 5.69 Å². The van der Waals surface area contributed by atoms with Crippen LogP contribution in [0.25, 0.3) is 5.69 Å². The number of carbonyl (C=O) groups is 3. The Morgan fingerprint density at radius 1 is 0.941 bits per heavy atom. The van der Waals surface area contributed by atoms with E-state index in [9.17, 15) is 14.4 Å². The van der Waals surface area contributed by atoms with E-state index in [2.05, 4.69) is 10.4 Å². The van der Waals surface area contributed by atoms with Crippen LogP contribution in [-0.2, 0) is 14.3 Å². The molecule has 3 aromatic rings. The summed E-state index contributed by atoms with van der Waals surface area (Å²) in [6.45, 7) is 2.65. The van der Waals surface area contributed by atoms with E-state index in [4.69, 9.17) is 18.9 Å². The maximum Gasteiger partial charge on any atom is 0.380 e. The Bertz CT molecular complexity index is 1190. The van der Waals surface area contributed by atoms with E-state index < -0.39 is 24.3 Å². The van der Waals surface area contributed by atoms with Crippen molar-refractivity contribution in [2.45, 2.75) is 13.8 Å². The van der Waals surface area contributed by atoms with Crippen LogP contribution in [0.2, 0.25) is 0 Å². The molecule has 1 heterocycles. The number of hydrogen-bond acceptors (Lipinski definition) is 8. The zero-order chi connectivity index (χ0) is 24.8. The topological polar surface area (TPSA) is 118 Å². The summed E-state index contributed by atoms with van der Waals surface area (Å²) < 4.78 is 22.2. The number of methoxy groups -OCH3 is 3. The smallest absolute Gasteiger partial charge is 0.380 e. The quantitative estimate of drug-likeness (QED) is 0.290. The summed E-state index contributed by atoms with van der Waals surface area (Å²) in [7, 11) is 4.35. The molecule has 10 nitrogen and oxygen atoms in total. The fourth-order valence-electron chi connectivity index (χ4n) is 3.44. The van der Waals surface area contributed by atoms with Crippen LogP contribution in [0, 0.1) is 13.8 Å². The van der Waals surface area contributed by atoms with Gasteiger partial charge in [-0.2, -0.15) is 5.10 Å². The van der Waals surface area contributed by atoms with Crippen molar-refractivity contribution in [3.05, 3.63) is 59.4 Å². The predicted molar refractivity (Wildman–Crippen MR) is 123 cm³/mol. The number of anilines is 1. The molecular formula is C24H25N3O7. The first-order valence-corrected chi connectivity index (χ1v) is 10.2. The van der Waals surface area contributed by atoms with Gasteiger partial charge in [-0.05, 0) is 26.0 Å². The van der Waals surface area contributed by atoms with Crippen molar-refractivity contribution in [2.24, 2.45) is 0 Å². The Kier molecular flexibility index (Phi) is 7.52. The maximum absolute atomic E-state index is 12.7. The van der Waals surface area contributed by atoms with Gasteiger partial charge >= 0.3 is 5.97 Å². The highest BCUT2D eigenvalue weighted by molar-refractivity contribution is 6.41. The molecule has 0 atom stereocenters. The van der Waals surface area contributed by atoms with E-state index in [-0.39, 0.29) is 5.56 Å². The molecule has 0 aliphatic rings. The van der Waals surface area contributed by atoms with Gasteiger partial charge in [0.05, 0.1) is 44.0 Å². The lowest BCUT2D eigenvalue weighted by Gasteiger charge is -2.14. The van der Waals surface area contributed by atoms with Gasteiger partial charge in [-0.25, -0.2) is 9.48 Å². The van der Waals surface area contributed by atoms with Crippen molar-refractivity contribution in [1.82, 2.24) is 9.78 Å². The minimum atomic E-state index is -1.15. The van der Waals surface area contributed by atoms with Crippen molar-refractivity contribution in [1.29, 1.82) is 0 Å². The molecule has 0 spiro atoms. The zero-order valence-corrected chi connectivity index (χ0v) is 19.5. The SMILES string of the molecule is COc1cc(NC(=O)COC(=O)C(=O)c2c(C)nn(-c3ccccc3)c2C)cc(OC)c1OC. The van der Waals surface area contributed by atoms with Crippen molar-refractivity contribution >= 4 is 23.3 Å². The first-order chi connectivity index (χ1) is 16.3. The number of Topliss-reactive ketones (excluding diaryl/α,β-unsaturated/α-hetero) is 1. The first-order valence-electron chi connectivity index (χ1n) is 10.2. The van der Waals surface area contributed by atoms with E-state index in [1.807, 2.05) is 30.3 Å². The van der Waals surface area contributed by atoms with Crippen LogP contribution in [0.3, 0.4) is 0 Å². The Hall–Kier alpha value is -4.34. The maximum atomic E-state index is 12.7. The number of para-hydroxylation sites is 1. The number of aromatic nitrogens is 2. The van der Waals surface area contributed by atoms with Crippen LogP contribution in [-0.4, -0.2) is 55.4 Å². The molecule has 2 aromatic carbocycles. The standard InChI is InChI=1S/C24H25N3O7/c1-14-21(15(2)27(26-14)17-9-7-6-8-10-17)22(29)24(30)34-13-20(28)25-16-11-18(31-3)23(33-5)19(12-16)32-4/h6-12H,13H2,1-5H3,(H,25,28). The number of hydrogen-bond donors (Lipinski definition) is 1. The van der Waals surface area contributed by atoms with Gasteiger partial charge in [0.1, 0.15) is 0 Å². The van der Waals surface area contributed by atoms with E-state index in [0.29, 0.717) is 34.3 Å². The Balaban J connectivity index is 1.68. The van der Waals surface area contributed by atoms with Gasteiger partial charge in [0, 0.05) is 17.8 Å². The molecule has 34 heavy (non-hydrogen) atoms. The number of aryl methyl sites for hydroxylation is 1. The highest BCUT2D eigenvalue weighted by Gasteiger charge is 2.27. The largest absolute Gasteiger partial charge is 0.493 e. The normalized spacial score (nSPS) is 10.4. The van der Waals surface area contributed by atoms with Gasteiger partial charge in [-0.1, -0.05) is 18.2 Å². The number of nitrogens with zero attached hydrogens (tertiary/aromatic N) is 2. The van der Waals surface area contributed by atoms with Crippen molar-refractivity contribution < 1.29 is 33.3 Å². The number of rotatable bonds is 9. The third kappa shape index (κ3) is 5.01. The highest BCUT2D eigenvalue weighted by atomic mass is 16.5. The Morgan fingerprint density at radius 2 is 1.56 bits per heavy atom. The number of carbonyl (C=O) groups excluding carboxylic acids is 3. The van der Waals surface area contributed by atoms with Crippen LogP contribution in [0.1, 0.15) is 21.7 Å². The number of ketones is 1. The summed E-state index contributed by atoms with van der Waals surface area (Å²) in [5.74, 6) is -1.64. The second-order valence-electron chi connectivity index (χ2n) is 7.16. The summed E-state index contributed by atoms with van der Waals surface area (Å²) >= 11 is 0. The molecule has 1 aromatic heterocycles. The monoisotopic (exact) mass is 467 g/mol. The molecular weight excluding hydrogens is 442 g/mol. The number of benzene rings is 2. The molecule has 3 rings (SSSR count). The molecule has 1 amide bonds. The molecule has 0 unspecified atom stereocenters. The molecule has 178 valence electrons. The van der Waals surface area contributed by atoms with Gasteiger partial charge in [0.2, 0.25) is 5.75 Å². The molecule has 0 aliphatic heterocycles. The van der Waals surface area contributed by atoms with Gasteiger partial charge in [0.15, 0.2) is 18.1 Å². The summed E-state index contributed by atoms with van der Waals surface area (Å²) in [5.41, 5.74) is 2.09. The highest BCUT2D eigenvalue weighted by Crippen LogP contribution is 2.39. The van der Waals surface area contributed by atoms with Crippen molar-refractivity contribution in [3.63, 3.8) is 0 Å². The van der Waals surface area contributed by atoms with Crippen molar-refractivity contribution in [3.8, 4) is 22.9 Å². The molecule has 0 radical (unpaired) electrons. The van der Waals surface area contributed by atoms with E-state index in [1.165, 1.54) is 33.5 Å². The summed E-state index contributed by atoms with van der Waals surface area (Å²) in [6, 6.07) is 12.3. The zero-order valence-electron chi connectivity index (χ0n) is 19.5. The number of ether oxygens (including phenoxy) is 4. The molecule has 0 fully saturated rings. The molecule has 0 aliphatic carbocycles. The second-order valence-corrected chi connectivity index (χ2v) is 7.16. The lowest BCUT2D eigenvalue weighted by molar-refractivity contribution is -0.142. The van der Waals surface area contributed by atoms with Gasteiger partial charge in [0.25, 0.3) is 11.7 Å². The fraction of sp³-hybridized carbons (Fsp3) is 0.250. The van der Waals surface area contributed by atoms with Gasteiger partial charge < -0.3 is 24.3 Å². The molecule has 0 saturated heterocycles. The lowest BCUT2D eigenvalue weighted by atomic mass is 10.1. The third-order valence-corrected chi connectivity index (χ3v) is 4.99. The van der Waals surface area contributed by atoms with Crippen LogP contribution in [0.4, 0.5) is 5.69 Å². The number of esters is 1. The molecule has 0 bridgehead atoms. The average Bonchev–Trinajstić information content (AvgIpc) is 3.15. The minimum absolute atomic E-state index is 0.138. The van der Waals surface area contributed by atoms with Gasteiger partial charge in [-0.3, -0.25) is 9.59 Å². The summed E-state index contributed by atoms with van der Waals surface area (Å²) in [6.07, 6.45) is 0. The average molecular weight is 467 g/mol. The minimum Gasteiger partial charge on any atom is -0.493 e. The van der Waals surface area contributed by atoms with Crippen LogP contribution in [0.15, 0.2) is 42.5 Å². The van der Waals surface area contributed by atoms with Gasteiger partial charge in [-0.15, -0.1) is 0 Å². The summed E-state index contributed by atoms with van der Waals surface area (Å²) in [5, 5.41) is 6.92. The van der Waals surface area contributed by atoms with Crippen molar-refractivity contribution in [2.75, 3.05) is 33.3 Å². The van der Waals surface area contributed by atoms with Crippen LogP contribution < -0.4 is 19.5 Å². The van der Waals surface area contributed by atoms with Crippen LogP contribution in [0.5, 0.6) is 17.2 Å². The second kappa shape index (κ2) is 10.5. The molecule has 10 heteroatoms. The first kappa shape index (κ1) is 24.3. The summed E-state index contributed by atoms with van der Waals surface area (Å²) in [4.78, 5) is 37.4. The Labute approximate surface area is 196 Å². The number of amides is 1. The van der Waals surface area contributed by atoms with E-state index >= 15 is 0 Å². The Morgan fingerprint density at radius 3 is 2.12 bits per heavy atom. The number of nitrogens with one attached hydrogen (secondary N) is 1. The molecule has 0 saturated carbocycles. The third-order valence-electron chi connectivity index (χ3n) is 4.99. The lowest BCUT2D eigenvalue weighted by Crippen LogP contribution is -2.25.